The van der Waals surface area contributed by atoms with Crippen molar-refractivity contribution in [3.05, 3.63) is 17.5 Å². The number of aromatic nitrogens is 2. The van der Waals surface area contributed by atoms with Gasteiger partial charge in [-0.05, 0) is 19.9 Å². The Bertz CT molecular complexity index is 367. The summed E-state index contributed by atoms with van der Waals surface area (Å²) < 4.78 is 1.73. The first kappa shape index (κ1) is 10.2. The summed E-state index contributed by atoms with van der Waals surface area (Å²) in [6.07, 6.45) is 0. The maximum Gasteiger partial charge on any atom is 0.269 e. The van der Waals surface area contributed by atoms with Crippen molar-refractivity contribution in [1.29, 1.82) is 0 Å². The van der Waals surface area contributed by atoms with E-state index < -0.39 is 0 Å². The highest BCUT2D eigenvalue weighted by atomic mass is 16.2. The lowest BCUT2D eigenvalue weighted by Gasteiger charge is -2.27. The Kier molecular flexibility index (Phi) is 2.73. The van der Waals surface area contributed by atoms with Gasteiger partial charge in [-0.3, -0.25) is 9.48 Å². The number of rotatable bonds is 3. The van der Waals surface area contributed by atoms with Crippen LogP contribution in [0.2, 0.25) is 0 Å². The van der Waals surface area contributed by atoms with Crippen LogP contribution in [0.1, 0.15) is 23.1 Å². The van der Waals surface area contributed by atoms with Gasteiger partial charge in [0.1, 0.15) is 5.69 Å². The highest BCUT2D eigenvalue weighted by Crippen LogP contribution is 2.04. The molecule has 2 heterocycles. The van der Waals surface area contributed by atoms with E-state index in [2.05, 4.69) is 15.7 Å². The average Bonchev–Trinajstić information content (AvgIpc) is 2.53. The number of nitrogens with zero attached hydrogens (tertiary/aromatic N) is 2. The summed E-state index contributed by atoms with van der Waals surface area (Å²) in [5.41, 5.74) is 1.54. The predicted octanol–water partition coefficient (Wildman–Crippen LogP) is -0.0870. The van der Waals surface area contributed by atoms with E-state index in [4.69, 9.17) is 0 Å². The summed E-state index contributed by atoms with van der Waals surface area (Å²) in [7, 11) is 0. The fourth-order valence-electron chi connectivity index (χ4n) is 1.62. The number of carbonyl (C=O) groups is 1. The molecule has 0 aliphatic carbocycles. The molecule has 1 aromatic rings. The van der Waals surface area contributed by atoms with Crippen molar-refractivity contribution in [2.24, 2.45) is 0 Å². The minimum atomic E-state index is -0.0241. The van der Waals surface area contributed by atoms with Gasteiger partial charge in [-0.1, -0.05) is 0 Å². The van der Waals surface area contributed by atoms with E-state index in [1.165, 1.54) is 0 Å². The quantitative estimate of drug-likeness (QED) is 0.730. The molecule has 5 heteroatoms. The molecule has 0 aromatic carbocycles. The molecule has 1 saturated heterocycles. The second-order valence-corrected chi connectivity index (χ2v) is 3.82. The Morgan fingerprint density at radius 1 is 1.73 bits per heavy atom. The fourth-order valence-corrected chi connectivity index (χ4v) is 1.62. The number of hydrogen-bond acceptors (Lipinski definition) is 3. The molecule has 2 N–H and O–H groups in total. The van der Waals surface area contributed by atoms with Crippen LogP contribution in [0, 0.1) is 6.92 Å². The number of aryl methyl sites for hydroxylation is 2. The summed E-state index contributed by atoms with van der Waals surface area (Å²) >= 11 is 0. The van der Waals surface area contributed by atoms with Crippen molar-refractivity contribution >= 4 is 5.91 Å². The second-order valence-electron chi connectivity index (χ2n) is 3.82. The van der Waals surface area contributed by atoms with Crippen LogP contribution in [0.25, 0.3) is 0 Å². The average molecular weight is 208 g/mol. The molecule has 0 spiro atoms. The maximum absolute atomic E-state index is 11.8. The lowest BCUT2D eigenvalue weighted by Crippen LogP contribution is -2.57. The minimum Gasteiger partial charge on any atom is -0.345 e. The van der Waals surface area contributed by atoms with Crippen molar-refractivity contribution in [3.8, 4) is 0 Å². The van der Waals surface area contributed by atoms with E-state index in [-0.39, 0.29) is 11.9 Å². The number of amides is 1. The Hall–Kier alpha value is -1.36. The summed E-state index contributed by atoms with van der Waals surface area (Å²) in [6, 6.07) is 2.10. The van der Waals surface area contributed by atoms with Crippen LogP contribution in [0.15, 0.2) is 6.07 Å². The maximum atomic E-state index is 11.8. The summed E-state index contributed by atoms with van der Waals surface area (Å²) in [4.78, 5) is 11.8. The van der Waals surface area contributed by atoms with Crippen LogP contribution >= 0.6 is 0 Å². The molecule has 0 bridgehead atoms. The fraction of sp³-hybridized carbons (Fsp3) is 0.600. The highest BCUT2D eigenvalue weighted by Gasteiger charge is 2.21. The first-order valence-corrected chi connectivity index (χ1v) is 5.26. The van der Waals surface area contributed by atoms with Gasteiger partial charge < -0.3 is 10.6 Å². The molecule has 2 rings (SSSR count). The molecule has 1 aliphatic rings. The van der Waals surface area contributed by atoms with E-state index in [0.717, 1.165) is 25.3 Å². The van der Waals surface area contributed by atoms with Crippen LogP contribution in [0.4, 0.5) is 0 Å². The van der Waals surface area contributed by atoms with Crippen LogP contribution in [0.3, 0.4) is 0 Å². The van der Waals surface area contributed by atoms with Crippen molar-refractivity contribution in [1.82, 2.24) is 20.4 Å². The van der Waals surface area contributed by atoms with Gasteiger partial charge in [0.2, 0.25) is 0 Å². The molecule has 15 heavy (non-hydrogen) atoms. The molecule has 1 aromatic heterocycles. The van der Waals surface area contributed by atoms with Gasteiger partial charge in [-0.25, -0.2) is 0 Å². The third kappa shape index (κ3) is 2.02. The molecule has 5 nitrogen and oxygen atoms in total. The Morgan fingerprint density at radius 2 is 2.47 bits per heavy atom. The van der Waals surface area contributed by atoms with E-state index in [1.807, 2.05) is 19.9 Å². The molecule has 1 amide bonds. The number of carbonyl (C=O) groups excluding carboxylic acids is 1. The Morgan fingerprint density at radius 3 is 3.00 bits per heavy atom. The van der Waals surface area contributed by atoms with Crippen LogP contribution in [-0.4, -0.2) is 34.8 Å². The van der Waals surface area contributed by atoms with Gasteiger partial charge in [0.25, 0.3) is 5.91 Å². The molecule has 0 unspecified atom stereocenters. The summed E-state index contributed by atoms with van der Waals surface area (Å²) in [6.45, 7) is 6.33. The number of nitrogens with one attached hydrogen (secondary N) is 2. The lowest BCUT2D eigenvalue weighted by molar-refractivity contribution is 0.0913. The predicted molar refractivity (Wildman–Crippen MR) is 56.8 cm³/mol. The van der Waals surface area contributed by atoms with Gasteiger partial charge in [0.05, 0.1) is 11.7 Å². The summed E-state index contributed by atoms with van der Waals surface area (Å²) in [5.74, 6) is -0.0241. The van der Waals surface area contributed by atoms with Crippen molar-refractivity contribution in [2.45, 2.75) is 26.4 Å². The molecule has 82 valence electrons. The largest absolute Gasteiger partial charge is 0.345 e. The zero-order valence-electron chi connectivity index (χ0n) is 9.08. The van der Waals surface area contributed by atoms with Gasteiger partial charge in [0.15, 0.2) is 0 Å². The molecule has 0 atom stereocenters. The first-order valence-electron chi connectivity index (χ1n) is 5.26. The van der Waals surface area contributed by atoms with Gasteiger partial charge in [0, 0.05) is 19.6 Å². The zero-order chi connectivity index (χ0) is 10.8. The van der Waals surface area contributed by atoms with Gasteiger partial charge >= 0.3 is 0 Å². The third-order valence-corrected chi connectivity index (χ3v) is 2.55. The zero-order valence-corrected chi connectivity index (χ0v) is 9.08. The standard InChI is InChI=1S/C10H16N4O/c1-3-14-9(4-7(2)13-14)10(15)12-8-5-11-6-8/h4,8,11H,3,5-6H2,1-2H3,(H,12,15). The van der Waals surface area contributed by atoms with Crippen molar-refractivity contribution in [2.75, 3.05) is 13.1 Å². The van der Waals surface area contributed by atoms with E-state index in [9.17, 15) is 4.79 Å². The Labute approximate surface area is 88.8 Å². The van der Waals surface area contributed by atoms with E-state index >= 15 is 0 Å². The molecule has 1 fully saturated rings. The first-order chi connectivity index (χ1) is 7.20. The Balaban J connectivity index is 2.09. The normalized spacial score (nSPS) is 16.1. The molecule has 1 aliphatic heterocycles. The second kappa shape index (κ2) is 4.02. The van der Waals surface area contributed by atoms with E-state index in [0.29, 0.717) is 5.69 Å². The monoisotopic (exact) mass is 208 g/mol. The van der Waals surface area contributed by atoms with Crippen LogP contribution in [0.5, 0.6) is 0 Å². The van der Waals surface area contributed by atoms with Gasteiger partial charge in [-0.15, -0.1) is 0 Å². The highest BCUT2D eigenvalue weighted by molar-refractivity contribution is 5.93. The molecule has 0 radical (unpaired) electrons. The summed E-state index contributed by atoms with van der Waals surface area (Å²) in [5, 5.41) is 10.3. The smallest absolute Gasteiger partial charge is 0.269 e. The van der Waals surface area contributed by atoms with Crippen LogP contribution in [-0.2, 0) is 6.54 Å². The number of hydrogen-bond donors (Lipinski definition) is 2. The third-order valence-electron chi connectivity index (χ3n) is 2.55. The topological polar surface area (TPSA) is 59.0 Å². The molecular formula is C10H16N4O. The minimum absolute atomic E-state index is 0.0241. The van der Waals surface area contributed by atoms with Gasteiger partial charge in [-0.2, -0.15) is 5.10 Å². The lowest BCUT2D eigenvalue weighted by atomic mass is 10.2. The van der Waals surface area contributed by atoms with E-state index in [1.54, 1.807) is 4.68 Å². The SMILES string of the molecule is CCn1nc(C)cc1C(=O)NC1CNC1. The van der Waals surface area contributed by atoms with Crippen molar-refractivity contribution in [3.63, 3.8) is 0 Å². The molecule has 0 saturated carbocycles. The molecular weight excluding hydrogens is 192 g/mol. The van der Waals surface area contributed by atoms with Crippen molar-refractivity contribution < 1.29 is 4.79 Å². The van der Waals surface area contributed by atoms with Crippen LogP contribution < -0.4 is 10.6 Å².